The number of anilines is 2. The number of hydrogen-bond acceptors (Lipinski definition) is 4. The lowest BCUT2D eigenvalue weighted by Gasteiger charge is -2.22. The van der Waals surface area contributed by atoms with Crippen LogP contribution >= 0.6 is 0 Å². The minimum atomic E-state index is -3.61. The Morgan fingerprint density at radius 1 is 1.12 bits per heavy atom. The van der Waals surface area contributed by atoms with Crippen molar-refractivity contribution in [1.82, 2.24) is 0 Å². The summed E-state index contributed by atoms with van der Waals surface area (Å²) in [5.41, 5.74) is 2.04. The Balaban J connectivity index is 2.21. The highest BCUT2D eigenvalue weighted by Gasteiger charge is 2.21. The van der Waals surface area contributed by atoms with Crippen molar-refractivity contribution in [1.29, 1.82) is 0 Å². The summed E-state index contributed by atoms with van der Waals surface area (Å²) in [6, 6.07) is 14.1. The molecular formula is C19H24N2O4S. The largest absolute Gasteiger partial charge is 0.495 e. The van der Waals surface area contributed by atoms with E-state index in [-0.39, 0.29) is 6.54 Å². The number of hydrogen-bond donors (Lipinski definition) is 1. The van der Waals surface area contributed by atoms with Crippen molar-refractivity contribution in [3.63, 3.8) is 0 Å². The SMILES string of the molecule is COc1ccccc1NC(=O)CN(c1ccc(C(C)C)cc1)S(C)(=O)=O. The Hall–Kier alpha value is -2.54. The van der Waals surface area contributed by atoms with Gasteiger partial charge in [-0.15, -0.1) is 0 Å². The van der Waals surface area contributed by atoms with E-state index in [9.17, 15) is 13.2 Å². The van der Waals surface area contributed by atoms with Gasteiger partial charge < -0.3 is 10.1 Å². The molecule has 2 rings (SSSR count). The monoisotopic (exact) mass is 376 g/mol. The lowest BCUT2D eigenvalue weighted by atomic mass is 10.0. The first-order chi connectivity index (χ1) is 12.2. The molecule has 0 aliphatic rings. The van der Waals surface area contributed by atoms with Gasteiger partial charge >= 0.3 is 0 Å². The van der Waals surface area contributed by atoms with Crippen molar-refractivity contribution in [2.45, 2.75) is 19.8 Å². The van der Waals surface area contributed by atoms with Crippen LogP contribution in [0.3, 0.4) is 0 Å². The summed E-state index contributed by atoms with van der Waals surface area (Å²) in [6.07, 6.45) is 1.08. The van der Waals surface area contributed by atoms with Gasteiger partial charge in [-0.05, 0) is 35.7 Å². The maximum Gasteiger partial charge on any atom is 0.245 e. The molecule has 0 unspecified atom stereocenters. The topological polar surface area (TPSA) is 75.7 Å². The summed E-state index contributed by atoms with van der Waals surface area (Å²) in [7, 11) is -2.11. The number of amides is 1. The molecule has 26 heavy (non-hydrogen) atoms. The van der Waals surface area contributed by atoms with Crippen molar-refractivity contribution in [3.05, 3.63) is 54.1 Å². The molecule has 6 nitrogen and oxygen atoms in total. The Bertz CT molecular complexity index is 861. The molecular weight excluding hydrogens is 352 g/mol. The van der Waals surface area contributed by atoms with Gasteiger partial charge in [0.05, 0.1) is 24.7 Å². The average molecular weight is 376 g/mol. The van der Waals surface area contributed by atoms with Gasteiger partial charge in [0.2, 0.25) is 15.9 Å². The van der Waals surface area contributed by atoms with Crippen LogP contribution in [0.15, 0.2) is 48.5 Å². The predicted octanol–water partition coefficient (Wildman–Crippen LogP) is 3.22. The standard InChI is InChI=1S/C19H24N2O4S/c1-14(2)15-9-11-16(12-10-15)21(26(4,23)24)13-19(22)20-17-7-5-6-8-18(17)25-3/h5-12,14H,13H2,1-4H3,(H,20,22). The highest BCUT2D eigenvalue weighted by Crippen LogP contribution is 2.24. The number of methoxy groups -OCH3 is 1. The zero-order chi connectivity index (χ0) is 19.3. The Labute approximate surface area is 154 Å². The van der Waals surface area contributed by atoms with Gasteiger partial charge in [-0.2, -0.15) is 0 Å². The maximum atomic E-state index is 12.4. The zero-order valence-electron chi connectivity index (χ0n) is 15.4. The lowest BCUT2D eigenvalue weighted by molar-refractivity contribution is -0.114. The van der Waals surface area contributed by atoms with Crippen LogP contribution in [-0.2, 0) is 14.8 Å². The fourth-order valence-electron chi connectivity index (χ4n) is 2.49. The number of carbonyl (C=O) groups excluding carboxylic acids is 1. The zero-order valence-corrected chi connectivity index (χ0v) is 16.2. The quantitative estimate of drug-likeness (QED) is 0.805. The molecule has 1 amide bonds. The second-order valence-corrected chi connectivity index (χ2v) is 8.17. The van der Waals surface area contributed by atoms with Crippen LogP contribution in [0.1, 0.15) is 25.3 Å². The summed E-state index contributed by atoms with van der Waals surface area (Å²) in [4.78, 5) is 12.4. The molecule has 140 valence electrons. The maximum absolute atomic E-state index is 12.4. The van der Waals surface area contributed by atoms with Crippen LogP contribution in [-0.4, -0.2) is 34.2 Å². The number of rotatable bonds is 7. The van der Waals surface area contributed by atoms with Gasteiger partial charge in [0.1, 0.15) is 12.3 Å². The van der Waals surface area contributed by atoms with E-state index in [1.54, 1.807) is 36.4 Å². The average Bonchev–Trinajstić information content (AvgIpc) is 2.59. The summed E-state index contributed by atoms with van der Waals surface area (Å²) < 4.78 is 30.6. The van der Waals surface area contributed by atoms with Crippen LogP contribution in [0.5, 0.6) is 5.75 Å². The number of nitrogens with zero attached hydrogens (tertiary/aromatic N) is 1. The lowest BCUT2D eigenvalue weighted by Crippen LogP contribution is -2.37. The summed E-state index contributed by atoms with van der Waals surface area (Å²) in [5.74, 6) is 0.394. The molecule has 7 heteroatoms. The molecule has 0 radical (unpaired) electrons. The molecule has 1 N–H and O–H groups in total. The van der Waals surface area contributed by atoms with Crippen LogP contribution in [0.25, 0.3) is 0 Å². The van der Waals surface area contributed by atoms with E-state index in [0.29, 0.717) is 23.0 Å². The predicted molar refractivity (Wildman–Crippen MR) is 104 cm³/mol. The van der Waals surface area contributed by atoms with Crippen LogP contribution in [0.2, 0.25) is 0 Å². The fourth-order valence-corrected chi connectivity index (χ4v) is 3.35. The summed E-state index contributed by atoms with van der Waals surface area (Å²) >= 11 is 0. The van der Waals surface area contributed by atoms with E-state index < -0.39 is 15.9 Å². The minimum absolute atomic E-state index is 0.322. The number of ether oxygens (including phenoxy) is 1. The first-order valence-corrected chi connectivity index (χ1v) is 10.1. The van der Waals surface area contributed by atoms with E-state index in [1.165, 1.54) is 7.11 Å². The van der Waals surface area contributed by atoms with Crippen molar-refractivity contribution >= 4 is 27.3 Å². The van der Waals surface area contributed by atoms with E-state index in [2.05, 4.69) is 19.2 Å². The van der Waals surface area contributed by atoms with Gasteiger partial charge in [0.25, 0.3) is 0 Å². The molecule has 0 saturated carbocycles. The number of sulfonamides is 1. The smallest absolute Gasteiger partial charge is 0.245 e. The summed E-state index contributed by atoms with van der Waals surface area (Å²) in [5, 5.41) is 2.69. The van der Waals surface area contributed by atoms with Gasteiger partial charge in [-0.3, -0.25) is 9.10 Å². The van der Waals surface area contributed by atoms with Gasteiger partial charge in [0.15, 0.2) is 0 Å². The number of carbonyl (C=O) groups is 1. The molecule has 0 heterocycles. The minimum Gasteiger partial charge on any atom is -0.495 e. The Kier molecular flexibility index (Phi) is 6.26. The van der Waals surface area contributed by atoms with Crippen molar-refractivity contribution in [2.75, 3.05) is 29.5 Å². The molecule has 0 bridgehead atoms. The first kappa shape index (κ1) is 19.8. The van der Waals surface area contributed by atoms with Crippen molar-refractivity contribution in [2.24, 2.45) is 0 Å². The fraction of sp³-hybridized carbons (Fsp3) is 0.316. The third kappa shape index (κ3) is 4.98. The molecule has 2 aromatic rings. The normalized spacial score (nSPS) is 11.3. The van der Waals surface area contributed by atoms with Gasteiger partial charge in [0, 0.05) is 0 Å². The molecule has 0 aliphatic heterocycles. The summed E-state index contributed by atoms with van der Waals surface area (Å²) in [6.45, 7) is 3.80. The van der Waals surface area contributed by atoms with E-state index in [0.717, 1.165) is 16.1 Å². The van der Waals surface area contributed by atoms with Crippen molar-refractivity contribution in [3.8, 4) is 5.75 Å². The van der Waals surface area contributed by atoms with Crippen LogP contribution < -0.4 is 14.4 Å². The molecule has 0 atom stereocenters. The second kappa shape index (κ2) is 8.23. The van der Waals surface area contributed by atoms with E-state index in [4.69, 9.17) is 4.74 Å². The molecule has 0 saturated heterocycles. The third-order valence-electron chi connectivity index (χ3n) is 3.92. The second-order valence-electron chi connectivity index (χ2n) is 6.26. The molecule has 0 spiro atoms. The highest BCUT2D eigenvalue weighted by atomic mass is 32.2. The number of nitrogens with one attached hydrogen (secondary N) is 1. The highest BCUT2D eigenvalue weighted by molar-refractivity contribution is 7.92. The molecule has 0 aromatic heterocycles. The number of benzene rings is 2. The number of para-hydroxylation sites is 2. The van der Waals surface area contributed by atoms with E-state index >= 15 is 0 Å². The van der Waals surface area contributed by atoms with Crippen molar-refractivity contribution < 1.29 is 17.9 Å². The first-order valence-electron chi connectivity index (χ1n) is 8.23. The third-order valence-corrected chi connectivity index (χ3v) is 5.06. The van der Waals surface area contributed by atoms with E-state index in [1.807, 2.05) is 12.1 Å². The van der Waals surface area contributed by atoms with Crippen LogP contribution in [0.4, 0.5) is 11.4 Å². The molecule has 0 fully saturated rings. The Morgan fingerprint density at radius 2 is 1.73 bits per heavy atom. The Morgan fingerprint density at radius 3 is 2.27 bits per heavy atom. The van der Waals surface area contributed by atoms with Gasteiger partial charge in [-0.1, -0.05) is 38.1 Å². The molecule has 2 aromatic carbocycles. The van der Waals surface area contributed by atoms with Crippen LogP contribution in [0, 0.1) is 0 Å². The van der Waals surface area contributed by atoms with Gasteiger partial charge in [-0.25, -0.2) is 8.42 Å². The molecule has 0 aliphatic carbocycles.